The van der Waals surface area contributed by atoms with E-state index in [2.05, 4.69) is 10.6 Å². The van der Waals surface area contributed by atoms with Gasteiger partial charge in [-0.25, -0.2) is 4.79 Å². The number of nitrogens with one attached hydrogen (secondary N) is 2. The zero-order valence-electron chi connectivity index (χ0n) is 10.6. The summed E-state index contributed by atoms with van der Waals surface area (Å²) >= 11 is 0. The Hall–Kier alpha value is -2.08. The van der Waals surface area contributed by atoms with Gasteiger partial charge in [0.1, 0.15) is 5.75 Å². The molecule has 1 aliphatic rings. The van der Waals surface area contributed by atoms with Crippen molar-refractivity contribution in [1.82, 2.24) is 5.32 Å². The van der Waals surface area contributed by atoms with Crippen molar-refractivity contribution in [2.24, 2.45) is 0 Å². The highest BCUT2D eigenvalue weighted by molar-refractivity contribution is 6.00. The summed E-state index contributed by atoms with van der Waals surface area (Å²) in [5, 5.41) is 24.2. The van der Waals surface area contributed by atoms with Gasteiger partial charge in [0.25, 0.3) is 0 Å². The Balaban J connectivity index is 2.20. The molecule has 0 spiro atoms. The van der Waals surface area contributed by atoms with E-state index in [-0.39, 0.29) is 22.9 Å². The first-order valence-corrected chi connectivity index (χ1v) is 6.05. The first kappa shape index (κ1) is 13.4. The first-order chi connectivity index (χ1) is 8.92. The number of amides is 1. The Morgan fingerprint density at radius 1 is 1.42 bits per heavy atom. The fourth-order valence-electron chi connectivity index (χ4n) is 2.12. The molecule has 6 heteroatoms. The van der Waals surface area contributed by atoms with Crippen LogP contribution < -0.4 is 10.6 Å². The molecule has 1 aliphatic heterocycles. The summed E-state index contributed by atoms with van der Waals surface area (Å²) < 4.78 is 0. The van der Waals surface area contributed by atoms with E-state index in [9.17, 15) is 14.7 Å². The number of phenolic OH excluding ortho intramolecular Hbond substituents is 1. The number of hydrogen-bond donors (Lipinski definition) is 4. The van der Waals surface area contributed by atoms with Crippen LogP contribution in [0.15, 0.2) is 18.2 Å². The van der Waals surface area contributed by atoms with Gasteiger partial charge in [-0.15, -0.1) is 0 Å². The fourth-order valence-corrected chi connectivity index (χ4v) is 2.12. The molecule has 1 heterocycles. The number of aromatic hydroxyl groups is 1. The lowest BCUT2D eigenvalue weighted by Crippen LogP contribution is -2.47. The Morgan fingerprint density at radius 3 is 2.74 bits per heavy atom. The molecule has 1 fully saturated rings. The molecular weight excluding hydrogens is 248 g/mol. The number of carbonyl (C=O) groups excluding carboxylic acids is 1. The third-order valence-corrected chi connectivity index (χ3v) is 3.36. The van der Waals surface area contributed by atoms with Gasteiger partial charge in [-0.05, 0) is 44.5 Å². The van der Waals surface area contributed by atoms with Crippen molar-refractivity contribution in [3.8, 4) is 5.75 Å². The molecule has 4 N–H and O–H groups in total. The molecule has 2 rings (SSSR count). The van der Waals surface area contributed by atoms with Crippen LogP contribution in [-0.4, -0.2) is 34.2 Å². The fraction of sp³-hybridized carbons (Fsp3) is 0.385. The van der Waals surface area contributed by atoms with Crippen molar-refractivity contribution in [2.45, 2.75) is 25.3 Å². The van der Waals surface area contributed by atoms with Gasteiger partial charge >= 0.3 is 5.97 Å². The third kappa shape index (κ3) is 2.68. The van der Waals surface area contributed by atoms with E-state index in [0.29, 0.717) is 6.42 Å². The molecule has 1 saturated heterocycles. The molecule has 1 aromatic carbocycles. The molecule has 1 unspecified atom stereocenters. The molecule has 0 aliphatic carbocycles. The zero-order chi connectivity index (χ0) is 14.0. The van der Waals surface area contributed by atoms with E-state index in [1.54, 1.807) is 6.92 Å². The van der Waals surface area contributed by atoms with Crippen molar-refractivity contribution in [3.63, 3.8) is 0 Å². The normalized spacial score (nSPS) is 22.2. The standard InChI is InChI=1S/C13H16N2O4/c1-13(5-2-6-14-13)12(19)15-9-7-8(11(17)18)3-4-10(9)16/h3-4,7,14,16H,2,5-6H2,1H3,(H,15,19)(H,17,18). The molecule has 0 saturated carbocycles. The summed E-state index contributed by atoms with van der Waals surface area (Å²) in [6.07, 6.45) is 1.61. The molecule has 102 valence electrons. The van der Waals surface area contributed by atoms with E-state index in [4.69, 9.17) is 5.11 Å². The predicted molar refractivity (Wildman–Crippen MR) is 69.3 cm³/mol. The minimum atomic E-state index is -1.11. The number of carbonyl (C=O) groups is 2. The Bertz CT molecular complexity index is 521. The molecule has 1 aromatic rings. The van der Waals surface area contributed by atoms with E-state index in [0.717, 1.165) is 13.0 Å². The second kappa shape index (κ2) is 4.89. The molecule has 1 amide bonds. The summed E-state index contributed by atoms with van der Waals surface area (Å²) in [7, 11) is 0. The van der Waals surface area contributed by atoms with Crippen LogP contribution in [0, 0.1) is 0 Å². The summed E-state index contributed by atoms with van der Waals surface area (Å²) in [5.41, 5.74) is -0.552. The number of hydrogen-bond acceptors (Lipinski definition) is 4. The minimum absolute atomic E-state index is 0.0117. The molecule has 6 nitrogen and oxygen atoms in total. The topological polar surface area (TPSA) is 98.7 Å². The lowest BCUT2D eigenvalue weighted by Gasteiger charge is -2.23. The van der Waals surface area contributed by atoms with Crippen molar-refractivity contribution in [2.75, 3.05) is 11.9 Å². The van der Waals surface area contributed by atoms with Crippen molar-refractivity contribution in [1.29, 1.82) is 0 Å². The maximum atomic E-state index is 12.1. The van der Waals surface area contributed by atoms with E-state index >= 15 is 0 Å². The van der Waals surface area contributed by atoms with Gasteiger partial charge in [-0.3, -0.25) is 4.79 Å². The number of rotatable bonds is 3. The number of phenols is 1. The maximum Gasteiger partial charge on any atom is 0.335 e. The molecule has 1 atom stereocenters. The molecular formula is C13H16N2O4. The third-order valence-electron chi connectivity index (χ3n) is 3.36. The second-order valence-corrected chi connectivity index (χ2v) is 4.85. The van der Waals surface area contributed by atoms with Crippen LogP contribution in [0.25, 0.3) is 0 Å². The SMILES string of the molecule is CC1(C(=O)Nc2cc(C(=O)O)ccc2O)CCCN1. The van der Waals surface area contributed by atoms with Crippen LogP contribution in [0.5, 0.6) is 5.75 Å². The Labute approximate surface area is 110 Å². The van der Waals surface area contributed by atoms with Crippen LogP contribution in [-0.2, 0) is 4.79 Å². The van der Waals surface area contributed by atoms with E-state index in [1.165, 1.54) is 18.2 Å². The van der Waals surface area contributed by atoms with Crippen LogP contribution >= 0.6 is 0 Å². The van der Waals surface area contributed by atoms with Crippen molar-refractivity contribution in [3.05, 3.63) is 23.8 Å². The van der Waals surface area contributed by atoms with Gasteiger partial charge in [0.2, 0.25) is 5.91 Å². The molecule has 19 heavy (non-hydrogen) atoms. The van der Waals surface area contributed by atoms with Gasteiger partial charge in [-0.2, -0.15) is 0 Å². The van der Waals surface area contributed by atoms with Gasteiger partial charge < -0.3 is 20.8 Å². The average molecular weight is 264 g/mol. The van der Waals surface area contributed by atoms with Gasteiger partial charge in [0.05, 0.1) is 16.8 Å². The van der Waals surface area contributed by atoms with Gasteiger partial charge in [0, 0.05) is 0 Å². The molecule has 0 radical (unpaired) electrons. The lowest BCUT2D eigenvalue weighted by atomic mass is 9.99. The maximum absolute atomic E-state index is 12.1. The predicted octanol–water partition coefficient (Wildman–Crippen LogP) is 1.17. The number of carboxylic acids is 1. The molecule has 0 aromatic heterocycles. The smallest absolute Gasteiger partial charge is 0.335 e. The summed E-state index contributed by atoms with van der Waals surface area (Å²) in [6.45, 7) is 2.55. The number of aromatic carboxylic acids is 1. The highest BCUT2D eigenvalue weighted by atomic mass is 16.4. The van der Waals surface area contributed by atoms with Crippen LogP contribution in [0.1, 0.15) is 30.1 Å². The highest BCUT2D eigenvalue weighted by Crippen LogP contribution is 2.27. The van der Waals surface area contributed by atoms with Crippen molar-refractivity contribution >= 4 is 17.6 Å². The van der Waals surface area contributed by atoms with Gasteiger partial charge in [-0.1, -0.05) is 0 Å². The quantitative estimate of drug-likeness (QED) is 0.614. The Kier molecular flexibility index (Phi) is 3.44. The largest absolute Gasteiger partial charge is 0.506 e. The minimum Gasteiger partial charge on any atom is -0.506 e. The number of benzene rings is 1. The zero-order valence-corrected chi connectivity index (χ0v) is 10.6. The van der Waals surface area contributed by atoms with Gasteiger partial charge in [0.15, 0.2) is 0 Å². The Morgan fingerprint density at radius 2 is 2.16 bits per heavy atom. The summed E-state index contributed by atoms with van der Waals surface area (Å²) in [4.78, 5) is 23.0. The monoisotopic (exact) mass is 264 g/mol. The van der Waals surface area contributed by atoms with Crippen LogP contribution in [0.3, 0.4) is 0 Å². The molecule has 0 bridgehead atoms. The number of anilines is 1. The van der Waals surface area contributed by atoms with Crippen LogP contribution in [0.4, 0.5) is 5.69 Å². The highest BCUT2D eigenvalue weighted by Gasteiger charge is 2.36. The van der Waals surface area contributed by atoms with Crippen molar-refractivity contribution < 1.29 is 19.8 Å². The lowest BCUT2D eigenvalue weighted by molar-refractivity contribution is -0.121. The second-order valence-electron chi connectivity index (χ2n) is 4.85. The van der Waals surface area contributed by atoms with E-state index < -0.39 is 11.5 Å². The first-order valence-electron chi connectivity index (χ1n) is 6.05. The number of carboxylic acid groups (broad SMARTS) is 1. The van der Waals surface area contributed by atoms with E-state index in [1.807, 2.05) is 0 Å². The summed E-state index contributed by atoms with van der Waals surface area (Å²) in [5.74, 6) is -1.54. The summed E-state index contributed by atoms with van der Waals surface area (Å²) in [6, 6.07) is 3.78. The van der Waals surface area contributed by atoms with Crippen LogP contribution in [0.2, 0.25) is 0 Å². The average Bonchev–Trinajstić information content (AvgIpc) is 2.80.